The molecule has 0 spiro atoms. The molecule has 0 atom stereocenters. The number of piperazine rings is 1. The predicted octanol–water partition coefficient (Wildman–Crippen LogP) is 1.53. The molecule has 0 unspecified atom stereocenters. The van der Waals surface area contributed by atoms with Crippen molar-refractivity contribution in [2.24, 2.45) is 11.1 Å². The summed E-state index contributed by atoms with van der Waals surface area (Å²) in [6, 6.07) is 0. The highest BCUT2D eigenvalue weighted by Crippen LogP contribution is 2.21. The van der Waals surface area contributed by atoms with Gasteiger partial charge in [-0.3, -0.25) is 4.90 Å². The van der Waals surface area contributed by atoms with Crippen LogP contribution in [0.25, 0.3) is 0 Å². The molecular formula is C16H35N3O. The normalized spacial score (nSPS) is 19.5. The van der Waals surface area contributed by atoms with Gasteiger partial charge in [0, 0.05) is 32.7 Å². The molecule has 20 heavy (non-hydrogen) atoms. The number of hydrogen-bond acceptors (Lipinski definition) is 4. The maximum atomic E-state index is 9.84. The van der Waals surface area contributed by atoms with Crippen LogP contribution in [0.1, 0.15) is 47.0 Å². The zero-order valence-electron chi connectivity index (χ0n) is 14.0. The minimum atomic E-state index is -0.573. The summed E-state index contributed by atoms with van der Waals surface area (Å²) in [5.41, 5.74) is 5.48. The number of nitrogens with two attached hydrogens (primary N) is 1. The second kappa shape index (κ2) is 7.74. The lowest BCUT2D eigenvalue weighted by Crippen LogP contribution is -2.50. The monoisotopic (exact) mass is 285 g/mol. The van der Waals surface area contributed by atoms with Crippen LogP contribution >= 0.6 is 0 Å². The summed E-state index contributed by atoms with van der Waals surface area (Å²) in [4.78, 5) is 4.92. The third-order valence-electron chi connectivity index (χ3n) is 4.21. The first-order valence-electron chi connectivity index (χ1n) is 8.09. The van der Waals surface area contributed by atoms with E-state index in [9.17, 15) is 5.11 Å². The first kappa shape index (κ1) is 17.9. The third-order valence-corrected chi connectivity index (χ3v) is 4.21. The van der Waals surface area contributed by atoms with Crippen molar-refractivity contribution < 1.29 is 5.11 Å². The third kappa shape index (κ3) is 7.58. The van der Waals surface area contributed by atoms with E-state index in [1.54, 1.807) is 0 Å². The van der Waals surface area contributed by atoms with Gasteiger partial charge < -0.3 is 15.7 Å². The van der Waals surface area contributed by atoms with Gasteiger partial charge in [-0.2, -0.15) is 0 Å². The average Bonchev–Trinajstić information content (AvgIpc) is 2.35. The summed E-state index contributed by atoms with van der Waals surface area (Å²) < 4.78 is 0. The van der Waals surface area contributed by atoms with E-state index in [2.05, 4.69) is 23.6 Å². The van der Waals surface area contributed by atoms with Gasteiger partial charge in [-0.1, -0.05) is 20.3 Å². The van der Waals surface area contributed by atoms with Crippen molar-refractivity contribution in [2.75, 3.05) is 45.8 Å². The van der Waals surface area contributed by atoms with Crippen molar-refractivity contribution in [3.63, 3.8) is 0 Å². The zero-order chi connectivity index (χ0) is 15.2. The Morgan fingerprint density at radius 3 is 2.00 bits per heavy atom. The number of unbranched alkanes of at least 4 members (excludes halogenated alkanes) is 1. The van der Waals surface area contributed by atoms with Gasteiger partial charge in [-0.05, 0) is 45.2 Å². The smallest absolute Gasteiger partial charge is 0.0718 e. The minimum Gasteiger partial charge on any atom is -0.389 e. The van der Waals surface area contributed by atoms with E-state index >= 15 is 0 Å². The standard InChI is InChI=1S/C16H35N3O/c1-15(2,13-17)7-5-6-8-18-9-11-19(12-10-18)14-16(3,4)20/h20H,5-14,17H2,1-4H3. The maximum absolute atomic E-state index is 9.84. The van der Waals surface area contributed by atoms with Crippen molar-refractivity contribution in [3.05, 3.63) is 0 Å². The van der Waals surface area contributed by atoms with E-state index in [0.29, 0.717) is 5.41 Å². The highest BCUT2D eigenvalue weighted by molar-refractivity contribution is 4.78. The second-order valence-corrected chi connectivity index (χ2v) is 7.76. The van der Waals surface area contributed by atoms with Crippen LogP contribution in [-0.4, -0.2) is 66.3 Å². The Morgan fingerprint density at radius 1 is 0.950 bits per heavy atom. The number of hydrogen-bond donors (Lipinski definition) is 2. The van der Waals surface area contributed by atoms with Gasteiger partial charge in [0.2, 0.25) is 0 Å². The topological polar surface area (TPSA) is 52.7 Å². The van der Waals surface area contributed by atoms with Crippen molar-refractivity contribution in [3.8, 4) is 0 Å². The van der Waals surface area contributed by atoms with Crippen molar-refractivity contribution >= 4 is 0 Å². The molecule has 0 radical (unpaired) electrons. The molecule has 0 aromatic rings. The lowest BCUT2D eigenvalue weighted by Gasteiger charge is -2.37. The average molecular weight is 285 g/mol. The van der Waals surface area contributed by atoms with Crippen molar-refractivity contribution in [1.82, 2.24) is 9.80 Å². The molecule has 3 N–H and O–H groups in total. The van der Waals surface area contributed by atoms with E-state index in [4.69, 9.17) is 5.73 Å². The Bertz CT molecular complexity index is 265. The van der Waals surface area contributed by atoms with Crippen LogP contribution < -0.4 is 5.73 Å². The fourth-order valence-electron chi connectivity index (χ4n) is 2.76. The molecule has 1 saturated heterocycles. The number of aliphatic hydroxyl groups is 1. The molecule has 0 bridgehead atoms. The highest BCUT2D eigenvalue weighted by Gasteiger charge is 2.22. The van der Waals surface area contributed by atoms with E-state index in [0.717, 1.165) is 39.3 Å². The maximum Gasteiger partial charge on any atom is 0.0718 e. The largest absolute Gasteiger partial charge is 0.389 e. The number of β-amino-alcohol motifs (C(OH)–C–C–N with tert-alkyl or cyclic N) is 1. The summed E-state index contributed by atoms with van der Waals surface area (Å²) >= 11 is 0. The summed E-state index contributed by atoms with van der Waals surface area (Å²) in [5, 5.41) is 9.84. The summed E-state index contributed by atoms with van der Waals surface area (Å²) in [6.07, 6.45) is 3.77. The first-order valence-corrected chi connectivity index (χ1v) is 8.09. The van der Waals surface area contributed by atoms with E-state index < -0.39 is 5.60 Å². The van der Waals surface area contributed by atoms with Gasteiger partial charge in [-0.15, -0.1) is 0 Å². The Balaban J connectivity index is 2.11. The molecule has 120 valence electrons. The molecule has 0 aliphatic carbocycles. The fourth-order valence-corrected chi connectivity index (χ4v) is 2.76. The van der Waals surface area contributed by atoms with Gasteiger partial charge in [0.25, 0.3) is 0 Å². The first-order chi connectivity index (χ1) is 9.22. The fraction of sp³-hybridized carbons (Fsp3) is 1.00. The van der Waals surface area contributed by atoms with Crippen molar-refractivity contribution in [2.45, 2.75) is 52.6 Å². The van der Waals surface area contributed by atoms with Crippen LogP contribution in [0.4, 0.5) is 0 Å². The molecule has 1 rings (SSSR count). The van der Waals surface area contributed by atoms with Crippen LogP contribution in [0.3, 0.4) is 0 Å². The summed E-state index contributed by atoms with van der Waals surface area (Å²) in [5.74, 6) is 0. The predicted molar refractivity (Wildman–Crippen MR) is 85.9 cm³/mol. The molecule has 0 amide bonds. The molecular weight excluding hydrogens is 250 g/mol. The second-order valence-electron chi connectivity index (χ2n) is 7.76. The highest BCUT2D eigenvalue weighted by atomic mass is 16.3. The molecule has 4 heteroatoms. The van der Waals surface area contributed by atoms with Crippen molar-refractivity contribution in [1.29, 1.82) is 0 Å². The van der Waals surface area contributed by atoms with E-state index in [1.807, 2.05) is 13.8 Å². The van der Waals surface area contributed by atoms with Gasteiger partial charge in [0.1, 0.15) is 0 Å². The quantitative estimate of drug-likeness (QED) is 0.664. The van der Waals surface area contributed by atoms with Gasteiger partial charge in [-0.25, -0.2) is 0 Å². The molecule has 1 aliphatic heterocycles. The molecule has 1 aliphatic rings. The lowest BCUT2D eigenvalue weighted by molar-refractivity contribution is 0.0175. The van der Waals surface area contributed by atoms with Crippen LogP contribution in [0.15, 0.2) is 0 Å². The Hall–Kier alpha value is -0.160. The van der Waals surface area contributed by atoms with Gasteiger partial charge in [0.05, 0.1) is 5.60 Å². The van der Waals surface area contributed by atoms with Crippen LogP contribution in [0.2, 0.25) is 0 Å². The molecule has 1 heterocycles. The summed E-state index contributed by atoms with van der Waals surface area (Å²) in [6.45, 7) is 15.5. The molecule has 4 nitrogen and oxygen atoms in total. The lowest BCUT2D eigenvalue weighted by atomic mass is 9.87. The van der Waals surface area contributed by atoms with Gasteiger partial charge in [0.15, 0.2) is 0 Å². The Labute approximate surface area is 125 Å². The van der Waals surface area contributed by atoms with E-state index in [1.165, 1.54) is 25.8 Å². The zero-order valence-corrected chi connectivity index (χ0v) is 14.0. The minimum absolute atomic E-state index is 0.297. The molecule has 0 aromatic carbocycles. The van der Waals surface area contributed by atoms with Crippen LogP contribution in [0.5, 0.6) is 0 Å². The number of rotatable bonds is 8. The Morgan fingerprint density at radius 2 is 1.50 bits per heavy atom. The molecule has 0 saturated carbocycles. The van der Waals surface area contributed by atoms with Crippen LogP contribution in [0, 0.1) is 5.41 Å². The molecule has 0 aromatic heterocycles. The Kier molecular flexibility index (Phi) is 6.92. The number of nitrogens with zero attached hydrogens (tertiary/aromatic N) is 2. The van der Waals surface area contributed by atoms with Gasteiger partial charge >= 0.3 is 0 Å². The molecule has 1 fully saturated rings. The SMILES string of the molecule is CC(C)(O)CN1CCN(CCCCC(C)(C)CN)CC1. The summed E-state index contributed by atoms with van der Waals surface area (Å²) in [7, 11) is 0. The van der Waals surface area contributed by atoms with E-state index in [-0.39, 0.29) is 0 Å². The van der Waals surface area contributed by atoms with Crippen LogP contribution in [-0.2, 0) is 0 Å².